The third kappa shape index (κ3) is 5.44. The molecule has 1 aromatic heterocycles. The van der Waals surface area contributed by atoms with Crippen LogP contribution >= 0.6 is 11.3 Å². The van der Waals surface area contributed by atoms with E-state index in [4.69, 9.17) is 4.65 Å². The molecule has 164 valence electrons. The van der Waals surface area contributed by atoms with Gasteiger partial charge in [-0.1, -0.05) is 12.1 Å². The van der Waals surface area contributed by atoms with Gasteiger partial charge in [0, 0.05) is 30.6 Å². The molecular formula is C21H26BN3O5S. The molecular weight excluding hydrogens is 417 g/mol. The summed E-state index contributed by atoms with van der Waals surface area (Å²) in [5.41, 5.74) is 0.684. The molecule has 1 aromatic carbocycles. The molecule has 1 fully saturated rings. The summed E-state index contributed by atoms with van der Waals surface area (Å²) in [6, 6.07) is 5.29. The van der Waals surface area contributed by atoms with Crippen molar-refractivity contribution in [3.63, 3.8) is 0 Å². The van der Waals surface area contributed by atoms with E-state index in [0.29, 0.717) is 30.4 Å². The molecule has 1 atom stereocenters. The van der Waals surface area contributed by atoms with Crippen molar-refractivity contribution in [3.05, 3.63) is 45.9 Å². The molecule has 8 nitrogen and oxygen atoms in total. The van der Waals surface area contributed by atoms with Gasteiger partial charge in [-0.05, 0) is 49.7 Å². The molecule has 31 heavy (non-hydrogen) atoms. The second-order valence-electron chi connectivity index (χ2n) is 8.21. The van der Waals surface area contributed by atoms with Crippen molar-refractivity contribution in [1.82, 2.24) is 15.6 Å². The van der Waals surface area contributed by atoms with E-state index in [1.54, 1.807) is 23.5 Å². The molecule has 0 saturated heterocycles. The van der Waals surface area contributed by atoms with E-state index in [9.17, 15) is 19.7 Å². The predicted octanol–water partition coefficient (Wildman–Crippen LogP) is 2.02. The number of aromatic carboxylic acids is 1. The minimum atomic E-state index is -1.28. The number of hydrogen-bond donors (Lipinski definition) is 4. The average molecular weight is 443 g/mol. The minimum Gasteiger partial charge on any atom is -0.534 e. The number of nitrogens with zero attached hydrogens (tertiary/aromatic N) is 1. The van der Waals surface area contributed by atoms with E-state index in [2.05, 4.69) is 15.6 Å². The van der Waals surface area contributed by atoms with Crippen LogP contribution in [0.1, 0.15) is 53.0 Å². The highest BCUT2D eigenvalue weighted by Crippen LogP contribution is 2.31. The van der Waals surface area contributed by atoms with E-state index in [-0.39, 0.29) is 17.2 Å². The van der Waals surface area contributed by atoms with E-state index in [1.165, 1.54) is 6.07 Å². The fourth-order valence-electron chi connectivity index (χ4n) is 4.39. The van der Waals surface area contributed by atoms with E-state index in [0.717, 1.165) is 37.2 Å². The van der Waals surface area contributed by atoms with Crippen LogP contribution in [0.25, 0.3) is 0 Å². The van der Waals surface area contributed by atoms with Gasteiger partial charge in [0.15, 0.2) is 0 Å². The summed E-state index contributed by atoms with van der Waals surface area (Å²) < 4.78 is 5.45. The number of nitrogens with one attached hydrogen (secondary N) is 2. The van der Waals surface area contributed by atoms with Gasteiger partial charge in [-0.2, -0.15) is 0 Å². The molecule has 2 heterocycles. The van der Waals surface area contributed by atoms with Crippen LogP contribution in [0.4, 0.5) is 0 Å². The number of carbonyl (C=O) groups excluding carboxylic acids is 1. The number of carboxylic acids is 1. The van der Waals surface area contributed by atoms with Gasteiger partial charge in [-0.15, -0.1) is 11.3 Å². The quantitative estimate of drug-likeness (QED) is 0.483. The molecule has 1 aliphatic heterocycles. The number of aromatic nitrogens is 1. The molecule has 0 bridgehead atoms. The first-order valence-corrected chi connectivity index (χ1v) is 11.5. The number of amides is 1. The Balaban J connectivity index is 1.24. The zero-order valence-corrected chi connectivity index (χ0v) is 17.9. The van der Waals surface area contributed by atoms with Crippen molar-refractivity contribution < 1.29 is 24.4 Å². The third-order valence-corrected chi connectivity index (χ3v) is 6.82. The SMILES string of the molecule is O=C(CC1CCC(NCc2nccs2)CC1)N[C@H]1Cc2cccc(C(=O)O)c2OB1O. The van der Waals surface area contributed by atoms with Crippen LogP contribution < -0.4 is 15.3 Å². The molecule has 10 heteroatoms. The van der Waals surface area contributed by atoms with Crippen molar-refractivity contribution in [2.45, 2.75) is 57.1 Å². The van der Waals surface area contributed by atoms with E-state index in [1.807, 2.05) is 11.6 Å². The Labute approximate surface area is 185 Å². The number of hydrogen-bond acceptors (Lipinski definition) is 7. The van der Waals surface area contributed by atoms with Crippen molar-refractivity contribution in [3.8, 4) is 5.75 Å². The number of rotatable bonds is 7. The zero-order chi connectivity index (χ0) is 21.8. The summed E-state index contributed by atoms with van der Waals surface area (Å²) in [6.07, 6.45) is 6.60. The average Bonchev–Trinajstić information content (AvgIpc) is 3.27. The van der Waals surface area contributed by atoms with Gasteiger partial charge in [0.25, 0.3) is 0 Å². The Morgan fingerprint density at radius 2 is 2.06 bits per heavy atom. The topological polar surface area (TPSA) is 121 Å². The van der Waals surface area contributed by atoms with Crippen LogP contribution in [0.5, 0.6) is 5.75 Å². The minimum absolute atomic E-state index is 0.0153. The lowest BCUT2D eigenvalue weighted by Crippen LogP contribution is -2.53. The summed E-state index contributed by atoms with van der Waals surface area (Å²) in [5.74, 6) is -1.31. The molecule has 0 unspecified atom stereocenters. The number of fused-ring (bicyclic) bond motifs is 1. The fourth-order valence-corrected chi connectivity index (χ4v) is 4.95. The second kappa shape index (κ2) is 9.80. The van der Waals surface area contributed by atoms with Crippen molar-refractivity contribution in [1.29, 1.82) is 0 Å². The Kier molecular flexibility index (Phi) is 6.89. The molecule has 0 radical (unpaired) electrons. The molecule has 1 saturated carbocycles. The predicted molar refractivity (Wildman–Crippen MR) is 117 cm³/mol. The molecule has 1 aliphatic carbocycles. The molecule has 4 rings (SSSR count). The molecule has 2 aromatic rings. The molecule has 4 N–H and O–H groups in total. The number of benzene rings is 1. The standard InChI is InChI=1S/C21H26BN3O5S/c26-18(10-13-4-6-15(7-5-13)24-12-19-23-8-9-31-19)25-17-11-14-2-1-3-16(21(27)28)20(14)30-22(17)29/h1-3,8-9,13,15,17,24,29H,4-7,10-12H2,(H,25,26)(H,27,28)/t13?,15?,17-/m0/s1. The monoisotopic (exact) mass is 443 g/mol. The van der Waals surface area contributed by atoms with Crippen LogP contribution in [0.3, 0.4) is 0 Å². The summed E-state index contributed by atoms with van der Waals surface area (Å²) >= 11 is 1.65. The first-order valence-electron chi connectivity index (χ1n) is 10.6. The highest BCUT2D eigenvalue weighted by Gasteiger charge is 2.38. The Morgan fingerprint density at radius 1 is 1.26 bits per heavy atom. The van der Waals surface area contributed by atoms with Crippen LogP contribution in [-0.4, -0.2) is 46.1 Å². The van der Waals surface area contributed by atoms with Crippen molar-refractivity contribution in [2.24, 2.45) is 5.92 Å². The molecule has 1 amide bonds. The lowest BCUT2D eigenvalue weighted by Gasteiger charge is -2.31. The van der Waals surface area contributed by atoms with Crippen LogP contribution in [-0.2, 0) is 17.8 Å². The smallest absolute Gasteiger partial charge is 0.534 e. The van der Waals surface area contributed by atoms with Gasteiger partial charge in [-0.25, -0.2) is 9.78 Å². The zero-order valence-electron chi connectivity index (χ0n) is 17.1. The maximum atomic E-state index is 12.6. The number of para-hydroxylation sites is 1. The van der Waals surface area contributed by atoms with Crippen molar-refractivity contribution >= 4 is 30.3 Å². The molecule has 2 aliphatic rings. The van der Waals surface area contributed by atoms with Crippen LogP contribution in [0.2, 0.25) is 0 Å². The first-order chi connectivity index (χ1) is 15.0. The Hall–Kier alpha value is -2.43. The molecule has 0 spiro atoms. The lowest BCUT2D eigenvalue weighted by atomic mass is 9.72. The Bertz CT molecular complexity index is 918. The van der Waals surface area contributed by atoms with Crippen LogP contribution in [0.15, 0.2) is 29.8 Å². The van der Waals surface area contributed by atoms with Crippen LogP contribution in [0, 0.1) is 5.92 Å². The van der Waals surface area contributed by atoms with Gasteiger partial charge < -0.3 is 25.4 Å². The number of carbonyl (C=O) groups is 2. The van der Waals surface area contributed by atoms with E-state index >= 15 is 0 Å². The van der Waals surface area contributed by atoms with Crippen molar-refractivity contribution in [2.75, 3.05) is 0 Å². The second-order valence-corrected chi connectivity index (χ2v) is 9.19. The van der Waals surface area contributed by atoms with E-state index < -0.39 is 19.0 Å². The fraction of sp³-hybridized carbons (Fsp3) is 0.476. The third-order valence-electron chi connectivity index (χ3n) is 6.04. The number of thiazole rings is 1. The maximum Gasteiger partial charge on any atom is 0.547 e. The Morgan fingerprint density at radius 3 is 2.77 bits per heavy atom. The highest BCUT2D eigenvalue weighted by molar-refractivity contribution is 7.09. The summed E-state index contributed by atoms with van der Waals surface area (Å²) in [6.45, 7) is 0.790. The van der Waals surface area contributed by atoms with Gasteiger partial charge in [0.1, 0.15) is 10.8 Å². The summed E-state index contributed by atoms with van der Waals surface area (Å²) in [4.78, 5) is 28.2. The van der Waals surface area contributed by atoms with Gasteiger partial charge in [0.2, 0.25) is 5.91 Å². The van der Waals surface area contributed by atoms with Gasteiger partial charge >= 0.3 is 13.1 Å². The summed E-state index contributed by atoms with van der Waals surface area (Å²) in [5, 5.41) is 29.1. The maximum absolute atomic E-state index is 12.6. The highest BCUT2D eigenvalue weighted by atomic mass is 32.1. The number of carboxylic acid groups (broad SMARTS) is 1. The lowest BCUT2D eigenvalue weighted by molar-refractivity contribution is -0.122. The first kappa shape index (κ1) is 21.8. The summed E-state index contributed by atoms with van der Waals surface area (Å²) in [7, 11) is -1.28. The largest absolute Gasteiger partial charge is 0.547 e. The normalized spacial score (nSPS) is 23.0. The van der Waals surface area contributed by atoms with Gasteiger partial charge in [-0.3, -0.25) is 4.79 Å². The van der Waals surface area contributed by atoms with Gasteiger partial charge in [0.05, 0.1) is 11.5 Å².